The van der Waals surface area contributed by atoms with E-state index in [0.717, 1.165) is 22.0 Å². The molecule has 1 amide bonds. The van der Waals surface area contributed by atoms with Gasteiger partial charge in [0.15, 0.2) is 18.1 Å². The van der Waals surface area contributed by atoms with Crippen molar-refractivity contribution in [3.05, 3.63) is 102 Å². The van der Waals surface area contributed by atoms with E-state index in [1.807, 2.05) is 79.7 Å². The molecular weight excluding hydrogens is 442 g/mol. The van der Waals surface area contributed by atoms with Gasteiger partial charge in [0, 0.05) is 11.9 Å². The average molecular weight is 470 g/mol. The van der Waals surface area contributed by atoms with Gasteiger partial charge in [0.1, 0.15) is 6.61 Å². The molecule has 0 spiro atoms. The van der Waals surface area contributed by atoms with Crippen LogP contribution in [0.4, 0.5) is 5.69 Å². The summed E-state index contributed by atoms with van der Waals surface area (Å²) in [6.07, 6.45) is 0. The number of hydrogen-bond acceptors (Lipinski definition) is 5. The van der Waals surface area contributed by atoms with Crippen LogP contribution in [0.1, 0.15) is 22.8 Å². The second-order valence-electron chi connectivity index (χ2n) is 7.85. The Balaban J connectivity index is 1.42. The largest absolute Gasteiger partial charge is 0.493 e. The number of ether oxygens (including phenoxy) is 3. The average Bonchev–Trinajstić information content (AvgIpc) is 2.91. The van der Waals surface area contributed by atoms with Gasteiger partial charge >= 0.3 is 5.97 Å². The Morgan fingerprint density at radius 3 is 2.34 bits per heavy atom. The zero-order valence-corrected chi connectivity index (χ0v) is 19.8. The minimum absolute atomic E-state index is 0.273. The van der Waals surface area contributed by atoms with Crippen molar-refractivity contribution in [1.29, 1.82) is 0 Å². The Labute approximate surface area is 204 Å². The number of carbonyl (C=O) groups excluding carboxylic acids is 2. The highest BCUT2D eigenvalue weighted by molar-refractivity contribution is 6.04. The number of anilines is 1. The summed E-state index contributed by atoms with van der Waals surface area (Å²) >= 11 is 0. The standard InChI is InChI=1S/C29H27NO5/c1-3-30(25-15-9-13-22-12-7-8-14-24(22)25)28(31)20-35-29(32)23-16-17-26(27(18-23)33-2)34-19-21-10-5-4-6-11-21/h4-18H,3,19-20H2,1-2H3. The molecule has 0 saturated heterocycles. The van der Waals surface area contributed by atoms with Crippen LogP contribution in [0.25, 0.3) is 10.8 Å². The number of carbonyl (C=O) groups is 2. The van der Waals surface area contributed by atoms with Gasteiger partial charge in [-0.2, -0.15) is 0 Å². The molecule has 0 atom stereocenters. The lowest BCUT2D eigenvalue weighted by molar-refractivity contribution is -0.121. The van der Waals surface area contributed by atoms with Crippen LogP contribution in [0.15, 0.2) is 91.0 Å². The highest BCUT2D eigenvalue weighted by Gasteiger charge is 2.19. The van der Waals surface area contributed by atoms with Crippen LogP contribution in [0.2, 0.25) is 0 Å². The number of fused-ring (bicyclic) bond motifs is 1. The number of esters is 1. The first kappa shape index (κ1) is 23.8. The minimum Gasteiger partial charge on any atom is -0.493 e. The molecule has 178 valence electrons. The topological polar surface area (TPSA) is 65.1 Å². The fourth-order valence-corrected chi connectivity index (χ4v) is 3.86. The van der Waals surface area contributed by atoms with E-state index in [1.165, 1.54) is 7.11 Å². The molecule has 0 aliphatic carbocycles. The van der Waals surface area contributed by atoms with Gasteiger partial charge < -0.3 is 19.1 Å². The van der Waals surface area contributed by atoms with E-state index >= 15 is 0 Å². The van der Waals surface area contributed by atoms with Crippen LogP contribution in [0, 0.1) is 0 Å². The predicted molar refractivity (Wildman–Crippen MR) is 136 cm³/mol. The SMILES string of the molecule is CCN(C(=O)COC(=O)c1ccc(OCc2ccccc2)c(OC)c1)c1cccc2ccccc12. The molecular formula is C29H27NO5. The van der Waals surface area contributed by atoms with Crippen LogP contribution < -0.4 is 14.4 Å². The third-order valence-corrected chi connectivity index (χ3v) is 5.64. The van der Waals surface area contributed by atoms with Crippen molar-refractivity contribution >= 4 is 28.3 Å². The van der Waals surface area contributed by atoms with Crippen LogP contribution in [-0.4, -0.2) is 32.1 Å². The van der Waals surface area contributed by atoms with Gasteiger partial charge in [0.05, 0.1) is 18.4 Å². The molecule has 0 unspecified atom stereocenters. The number of rotatable bonds is 9. The van der Waals surface area contributed by atoms with Crippen molar-refractivity contribution in [3.63, 3.8) is 0 Å². The number of likely N-dealkylation sites (N-methyl/N-ethyl adjacent to an activating group) is 1. The Morgan fingerprint density at radius 1 is 0.829 bits per heavy atom. The molecule has 35 heavy (non-hydrogen) atoms. The van der Waals surface area contributed by atoms with E-state index in [1.54, 1.807) is 23.1 Å². The van der Waals surface area contributed by atoms with Gasteiger partial charge in [-0.15, -0.1) is 0 Å². The molecule has 0 radical (unpaired) electrons. The van der Waals surface area contributed by atoms with Gasteiger partial charge in [-0.3, -0.25) is 4.79 Å². The summed E-state index contributed by atoms with van der Waals surface area (Å²) in [6, 6.07) is 28.2. The summed E-state index contributed by atoms with van der Waals surface area (Å²) in [5, 5.41) is 2.00. The molecule has 6 heteroatoms. The van der Waals surface area contributed by atoms with Crippen LogP contribution in [0.3, 0.4) is 0 Å². The number of amides is 1. The molecule has 4 rings (SSSR count). The Morgan fingerprint density at radius 2 is 1.57 bits per heavy atom. The van der Waals surface area contributed by atoms with Gasteiger partial charge in [-0.1, -0.05) is 66.7 Å². The van der Waals surface area contributed by atoms with Crippen molar-refractivity contribution in [3.8, 4) is 11.5 Å². The first-order valence-corrected chi connectivity index (χ1v) is 11.4. The molecule has 0 aliphatic heterocycles. The van der Waals surface area contributed by atoms with Gasteiger partial charge in [0.2, 0.25) is 0 Å². The zero-order valence-electron chi connectivity index (χ0n) is 19.8. The van der Waals surface area contributed by atoms with Crippen LogP contribution >= 0.6 is 0 Å². The van der Waals surface area contributed by atoms with E-state index < -0.39 is 5.97 Å². The van der Waals surface area contributed by atoms with E-state index in [-0.39, 0.29) is 18.1 Å². The van der Waals surface area contributed by atoms with Crippen LogP contribution in [-0.2, 0) is 16.1 Å². The summed E-state index contributed by atoms with van der Waals surface area (Å²) in [7, 11) is 1.51. The highest BCUT2D eigenvalue weighted by atomic mass is 16.5. The molecule has 0 aromatic heterocycles. The predicted octanol–water partition coefficient (Wildman–Crippen LogP) is 5.64. The Bertz CT molecular complexity index is 1310. The molecule has 0 fully saturated rings. The summed E-state index contributed by atoms with van der Waals surface area (Å²) in [5.41, 5.74) is 2.08. The summed E-state index contributed by atoms with van der Waals surface area (Å²) < 4.78 is 16.6. The Kier molecular flexibility index (Phi) is 7.63. The van der Waals surface area contributed by atoms with Crippen molar-refractivity contribution in [2.75, 3.05) is 25.2 Å². The van der Waals surface area contributed by atoms with Crippen molar-refractivity contribution in [2.45, 2.75) is 13.5 Å². The van der Waals surface area contributed by atoms with Crippen LogP contribution in [0.5, 0.6) is 11.5 Å². The molecule has 4 aromatic rings. The summed E-state index contributed by atoms with van der Waals surface area (Å²) in [4.78, 5) is 27.3. The van der Waals surface area contributed by atoms with Crippen molar-refractivity contribution < 1.29 is 23.8 Å². The molecule has 6 nitrogen and oxygen atoms in total. The minimum atomic E-state index is -0.611. The monoisotopic (exact) mass is 469 g/mol. The lowest BCUT2D eigenvalue weighted by Gasteiger charge is -2.22. The smallest absolute Gasteiger partial charge is 0.338 e. The second kappa shape index (κ2) is 11.2. The third-order valence-electron chi connectivity index (χ3n) is 5.64. The first-order chi connectivity index (χ1) is 17.1. The van der Waals surface area contributed by atoms with Gasteiger partial charge in [-0.05, 0) is 42.1 Å². The van der Waals surface area contributed by atoms with E-state index in [9.17, 15) is 9.59 Å². The summed E-state index contributed by atoms with van der Waals surface area (Å²) in [5.74, 6) is 0.0111. The van der Waals surface area contributed by atoms with Gasteiger partial charge in [0.25, 0.3) is 5.91 Å². The maximum atomic E-state index is 13.0. The fraction of sp³-hybridized carbons (Fsp3) is 0.172. The lowest BCUT2D eigenvalue weighted by Crippen LogP contribution is -2.34. The quantitative estimate of drug-likeness (QED) is 0.297. The molecule has 4 aromatic carbocycles. The van der Waals surface area contributed by atoms with Gasteiger partial charge in [-0.25, -0.2) is 4.79 Å². The Hall–Kier alpha value is -4.32. The number of nitrogens with zero attached hydrogens (tertiary/aromatic N) is 1. The zero-order chi connectivity index (χ0) is 24.6. The lowest BCUT2D eigenvalue weighted by atomic mass is 10.1. The maximum absolute atomic E-state index is 13.0. The van der Waals surface area contributed by atoms with Crippen molar-refractivity contribution in [1.82, 2.24) is 0 Å². The van der Waals surface area contributed by atoms with Crippen molar-refractivity contribution in [2.24, 2.45) is 0 Å². The fourth-order valence-electron chi connectivity index (χ4n) is 3.86. The molecule has 0 aliphatic rings. The number of methoxy groups -OCH3 is 1. The maximum Gasteiger partial charge on any atom is 0.338 e. The third kappa shape index (κ3) is 5.61. The van der Waals surface area contributed by atoms with E-state index in [2.05, 4.69) is 0 Å². The molecule has 0 heterocycles. The number of hydrogen-bond donors (Lipinski definition) is 0. The summed E-state index contributed by atoms with van der Waals surface area (Å²) in [6.45, 7) is 2.34. The number of benzene rings is 4. The van der Waals surface area contributed by atoms with E-state index in [0.29, 0.717) is 24.7 Å². The normalized spacial score (nSPS) is 10.6. The molecule has 0 N–H and O–H groups in total. The molecule has 0 saturated carbocycles. The van der Waals surface area contributed by atoms with E-state index in [4.69, 9.17) is 14.2 Å². The first-order valence-electron chi connectivity index (χ1n) is 11.4. The molecule has 0 bridgehead atoms. The highest BCUT2D eigenvalue weighted by Crippen LogP contribution is 2.30. The second-order valence-corrected chi connectivity index (χ2v) is 7.85.